The smallest absolute Gasteiger partial charge is 0.251 e. The van der Waals surface area contributed by atoms with Crippen LogP contribution in [-0.4, -0.2) is 39.0 Å². The molecule has 0 bridgehead atoms. The first-order valence-corrected chi connectivity index (χ1v) is 9.66. The van der Waals surface area contributed by atoms with Gasteiger partial charge in [0, 0.05) is 10.5 Å². The molecule has 2 rings (SSSR count). The summed E-state index contributed by atoms with van der Waals surface area (Å²) >= 11 is 4.53. The van der Waals surface area contributed by atoms with Gasteiger partial charge in [0.1, 0.15) is 4.21 Å². The van der Waals surface area contributed by atoms with Crippen LogP contribution in [0.1, 0.15) is 26.2 Å². The lowest BCUT2D eigenvalue weighted by atomic mass is 10.1. The highest BCUT2D eigenvalue weighted by molar-refractivity contribution is 9.10. The highest BCUT2D eigenvalue weighted by Gasteiger charge is 2.26. The molecule has 0 saturated carbocycles. The van der Waals surface area contributed by atoms with Crippen molar-refractivity contribution in [1.29, 1.82) is 0 Å². The number of hydrogen-bond acceptors (Lipinski definition) is 4. The second-order valence-corrected chi connectivity index (χ2v) is 8.47. The number of sulfonamides is 1. The van der Waals surface area contributed by atoms with E-state index in [0.29, 0.717) is 8.68 Å². The molecule has 1 N–H and O–H groups in total. The van der Waals surface area contributed by atoms with Crippen molar-refractivity contribution in [2.24, 2.45) is 0 Å². The average molecular weight is 367 g/mol. The molecule has 0 atom stereocenters. The minimum absolute atomic E-state index is 0.0621. The van der Waals surface area contributed by atoms with Crippen molar-refractivity contribution in [3.8, 4) is 0 Å². The number of nitrogens with one attached hydrogen (secondary N) is 1. The fourth-order valence-corrected chi connectivity index (χ4v) is 5.99. The normalized spacial score (nSPS) is 18.8. The molecule has 2 heterocycles. The van der Waals surface area contributed by atoms with Crippen LogP contribution >= 0.6 is 27.3 Å². The van der Waals surface area contributed by atoms with E-state index in [1.807, 2.05) is 0 Å². The van der Waals surface area contributed by atoms with Gasteiger partial charge in [-0.25, -0.2) is 13.1 Å². The van der Waals surface area contributed by atoms with Crippen LogP contribution in [0, 0.1) is 0 Å². The maximum Gasteiger partial charge on any atom is 0.251 e. The predicted octanol–water partition coefficient (Wildman–Crippen LogP) is 2.66. The molecule has 1 fully saturated rings. The van der Waals surface area contributed by atoms with E-state index < -0.39 is 10.0 Å². The third-order valence-corrected chi connectivity index (χ3v) is 7.47. The topological polar surface area (TPSA) is 49.4 Å². The Balaban J connectivity index is 1.94. The minimum Gasteiger partial charge on any atom is -0.303 e. The molecule has 1 aromatic rings. The molecule has 7 heteroatoms. The molecular formula is C12H19BrN2O2S2. The Hall–Kier alpha value is 0.0500. The lowest BCUT2D eigenvalue weighted by Gasteiger charge is -2.31. The number of halogens is 1. The number of nitrogens with zero attached hydrogens (tertiary/aromatic N) is 1. The molecular weight excluding hydrogens is 348 g/mol. The van der Waals surface area contributed by atoms with Crippen LogP contribution in [0.25, 0.3) is 0 Å². The number of thiophene rings is 1. The summed E-state index contributed by atoms with van der Waals surface area (Å²) in [5.74, 6) is 0. The quantitative estimate of drug-likeness (QED) is 0.871. The summed E-state index contributed by atoms with van der Waals surface area (Å²) in [5.41, 5.74) is 0. The fourth-order valence-electron chi connectivity index (χ4n) is 2.34. The summed E-state index contributed by atoms with van der Waals surface area (Å²) in [4.78, 5) is 2.39. The first-order valence-electron chi connectivity index (χ1n) is 6.50. The largest absolute Gasteiger partial charge is 0.303 e. The zero-order chi connectivity index (χ0) is 13.9. The summed E-state index contributed by atoms with van der Waals surface area (Å²) in [6.45, 7) is 5.23. The van der Waals surface area contributed by atoms with Crippen LogP contribution in [0.4, 0.5) is 0 Å². The van der Waals surface area contributed by atoms with Gasteiger partial charge in [0.25, 0.3) is 10.0 Å². The third kappa shape index (κ3) is 4.01. The highest BCUT2D eigenvalue weighted by Crippen LogP contribution is 2.28. The average Bonchev–Trinajstić information content (AvgIpc) is 2.79. The van der Waals surface area contributed by atoms with Crippen LogP contribution in [0.5, 0.6) is 0 Å². The molecule has 0 aromatic carbocycles. The Morgan fingerprint density at radius 3 is 2.68 bits per heavy atom. The fraction of sp³-hybridized carbons (Fsp3) is 0.667. The lowest BCUT2D eigenvalue weighted by Crippen LogP contribution is -2.44. The Kier molecular flexibility index (Phi) is 5.42. The molecule has 1 saturated heterocycles. The van der Waals surface area contributed by atoms with Crippen molar-refractivity contribution in [3.05, 3.63) is 15.9 Å². The van der Waals surface area contributed by atoms with Gasteiger partial charge < -0.3 is 4.90 Å². The summed E-state index contributed by atoms with van der Waals surface area (Å²) in [6, 6.07) is 1.83. The van der Waals surface area contributed by atoms with Gasteiger partial charge in [-0.15, -0.1) is 11.3 Å². The van der Waals surface area contributed by atoms with Crippen molar-refractivity contribution in [3.63, 3.8) is 0 Å². The van der Waals surface area contributed by atoms with Gasteiger partial charge in [-0.3, -0.25) is 0 Å². The first kappa shape index (κ1) is 15.4. The van der Waals surface area contributed by atoms with Crippen LogP contribution in [0.3, 0.4) is 0 Å². The van der Waals surface area contributed by atoms with Crippen LogP contribution in [0.2, 0.25) is 0 Å². The lowest BCUT2D eigenvalue weighted by molar-refractivity contribution is 0.208. The molecule has 4 nitrogen and oxygen atoms in total. The van der Waals surface area contributed by atoms with Gasteiger partial charge in [0.05, 0.1) is 0 Å². The maximum atomic E-state index is 12.2. The molecule has 19 heavy (non-hydrogen) atoms. The SMILES string of the molecule is CCCN1CCC(NS(=O)(=O)c2sccc2Br)CC1. The molecule has 0 spiro atoms. The van der Waals surface area contributed by atoms with Gasteiger partial charge in [0.15, 0.2) is 0 Å². The highest BCUT2D eigenvalue weighted by atomic mass is 79.9. The zero-order valence-electron chi connectivity index (χ0n) is 10.9. The Morgan fingerprint density at radius 2 is 2.16 bits per heavy atom. The van der Waals surface area contributed by atoms with Gasteiger partial charge in [-0.1, -0.05) is 6.92 Å². The van der Waals surface area contributed by atoms with E-state index in [2.05, 4.69) is 32.5 Å². The molecule has 1 aromatic heterocycles. The predicted molar refractivity (Wildman–Crippen MR) is 82.1 cm³/mol. The van der Waals surface area contributed by atoms with Crippen LogP contribution in [-0.2, 0) is 10.0 Å². The Morgan fingerprint density at radius 1 is 1.47 bits per heavy atom. The van der Waals surface area contributed by atoms with E-state index in [4.69, 9.17) is 0 Å². The summed E-state index contributed by atoms with van der Waals surface area (Å²) in [7, 11) is -3.37. The molecule has 0 amide bonds. The van der Waals surface area contributed by atoms with Crippen molar-refractivity contribution in [2.45, 2.75) is 36.4 Å². The number of piperidine rings is 1. The molecule has 0 aliphatic carbocycles. The maximum absolute atomic E-state index is 12.2. The second-order valence-electron chi connectivity index (χ2n) is 4.79. The number of hydrogen-bond donors (Lipinski definition) is 1. The number of likely N-dealkylation sites (tertiary alicyclic amines) is 1. The molecule has 1 aliphatic heterocycles. The molecule has 1 aliphatic rings. The minimum atomic E-state index is -3.37. The standard InChI is InChI=1S/C12H19BrN2O2S2/c1-2-6-15-7-3-10(4-8-15)14-19(16,17)12-11(13)5-9-18-12/h5,9-10,14H,2-4,6-8H2,1H3. The Bertz CT molecular complexity index is 508. The van der Waals surface area contributed by atoms with Gasteiger partial charge >= 0.3 is 0 Å². The van der Waals surface area contributed by atoms with Crippen molar-refractivity contribution < 1.29 is 8.42 Å². The molecule has 0 unspecified atom stereocenters. The molecule has 0 radical (unpaired) electrons. The van der Waals surface area contributed by atoms with E-state index in [9.17, 15) is 8.42 Å². The van der Waals surface area contributed by atoms with Crippen molar-refractivity contribution in [2.75, 3.05) is 19.6 Å². The van der Waals surface area contributed by atoms with Crippen LogP contribution in [0.15, 0.2) is 20.1 Å². The van der Waals surface area contributed by atoms with Crippen LogP contribution < -0.4 is 4.72 Å². The monoisotopic (exact) mass is 366 g/mol. The second kappa shape index (κ2) is 6.67. The van der Waals surface area contributed by atoms with Gasteiger partial charge in [-0.2, -0.15) is 0 Å². The van der Waals surface area contributed by atoms with Gasteiger partial charge in [0.2, 0.25) is 0 Å². The summed E-state index contributed by atoms with van der Waals surface area (Å²) in [5, 5.41) is 1.78. The van der Waals surface area contributed by atoms with E-state index >= 15 is 0 Å². The first-order chi connectivity index (χ1) is 9.03. The van der Waals surface area contributed by atoms with E-state index in [1.54, 1.807) is 11.4 Å². The zero-order valence-corrected chi connectivity index (χ0v) is 14.2. The third-order valence-electron chi connectivity index (χ3n) is 3.28. The Labute approximate surface area is 127 Å². The van der Waals surface area contributed by atoms with Gasteiger partial charge in [-0.05, 0) is 66.3 Å². The molecule has 108 valence electrons. The summed E-state index contributed by atoms with van der Waals surface area (Å²) in [6.07, 6.45) is 2.93. The van der Waals surface area contributed by atoms with E-state index in [-0.39, 0.29) is 6.04 Å². The summed E-state index contributed by atoms with van der Waals surface area (Å²) < 4.78 is 28.3. The number of rotatable bonds is 5. The van der Waals surface area contributed by atoms with E-state index in [1.165, 1.54) is 11.3 Å². The van der Waals surface area contributed by atoms with E-state index in [0.717, 1.165) is 38.9 Å². The van der Waals surface area contributed by atoms with Crippen molar-refractivity contribution >= 4 is 37.3 Å². The van der Waals surface area contributed by atoms with Crippen molar-refractivity contribution in [1.82, 2.24) is 9.62 Å².